The van der Waals surface area contributed by atoms with E-state index in [2.05, 4.69) is 15.1 Å². The molecule has 2 aliphatic rings. The van der Waals surface area contributed by atoms with Gasteiger partial charge in [0.25, 0.3) is 5.91 Å². The van der Waals surface area contributed by atoms with Crippen LogP contribution in [0.3, 0.4) is 0 Å². The van der Waals surface area contributed by atoms with Gasteiger partial charge in [0.1, 0.15) is 18.3 Å². The molecule has 1 saturated heterocycles. The van der Waals surface area contributed by atoms with E-state index in [-0.39, 0.29) is 24.2 Å². The Labute approximate surface area is 214 Å². The second-order valence-electron chi connectivity index (χ2n) is 9.27. The first-order valence-corrected chi connectivity index (χ1v) is 12.4. The van der Waals surface area contributed by atoms with Crippen LogP contribution in [0.4, 0.5) is 5.69 Å². The summed E-state index contributed by atoms with van der Waals surface area (Å²) in [4.78, 5) is 50.5. The average molecular weight is 505 g/mol. The quantitative estimate of drug-likeness (QED) is 0.245. The molecule has 37 heavy (non-hydrogen) atoms. The highest BCUT2D eigenvalue weighted by molar-refractivity contribution is 6.48. The number of benzene rings is 1. The number of carbonyl (C=O) groups is 3. The van der Waals surface area contributed by atoms with Gasteiger partial charge >= 0.3 is 0 Å². The van der Waals surface area contributed by atoms with Gasteiger partial charge in [-0.2, -0.15) is 4.98 Å². The minimum absolute atomic E-state index is 0.186. The Hall–Kier alpha value is -3.92. The summed E-state index contributed by atoms with van der Waals surface area (Å²) in [6.07, 6.45) is 4.91. The molecule has 1 aliphatic heterocycles. The van der Waals surface area contributed by atoms with E-state index in [9.17, 15) is 14.4 Å². The second kappa shape index (κ2) is 10.6. The van der Waals surface area contributed by atoms with Gasteiger partial charge in [-0.05, 0) is 49.2 Å². The Kier molecular flexibility index (Phi) is 7.09. The maximum atomic E-state index is 13.7. The van der Waals surface area contributed by atoms with Gasteiger partial charge in [0.2, 0.25) is 23.4 Å². The lowest BCUT2D eigenvalue weighted by Gasteiger charge is -2.29. The molecular weight excluding hydrogens is 476 g/mol. The van der Waals surface area contributed by atoms with Crippen LogP contribution in [0.1, 0.15) is 43.2 Å². The average Bonchev–Trinajstić information content (AvgIpc) is 3.65. The maximum absolute atomic E-state index is 13.7. The van der Waals surface area contributed by atoms with E-state index in [1.807, 2.05) is 0 Å². The van der Waals surface area contributed by atoms with Crippen LogP contribution in [0.25, 0.3) is 11.4 Å². The van der Waals surface area contributed by atoms with Crippen molar-refractivity contribution in [2.45, 2.75) is 38.6 Å². The molecule has 5 rings (SSSR count). The number of nitrogens with zero attached hydrogens (tertiary/aromatic N) is 4. The number of aromatic nitrogens is 3. The number of ketones is 2. The van der Waals surface area contributed by atoms with E-state index in [1.165, 1.54) is 4.90 Å². The van der Waals surface area contributed by atoms with Gasteiger partial charge in [-0.15, -0.1) is 0 Å². The summed E-state index contributed by atoms with van der Waals surface area (Å²) >= 11 is 0. The first-order valence-electron chi connectivity index (χ1n) is 12.4. The van der Waals surface area contributed by atoms with Gasteiger partial charge in [0.15, 0.2) is 0 Å². The minimum atomic E-state index is -1.14. The van der Waals surface area contributed by atoms with Crippen molar-refractivity contribution in [3.63, 3.8) is 0 Å². The number of ether oxygens (including phenoxy) is 2. The monoisotopic (exact) mass is 504 g/mol. The fourth-order valence-electron chi connectivity index (χ4n) is 5.17. The van der Waals surface area contributed by atoms with E-state index >= 15 is 0 Å². The van der Waals surface area contributed by atoms with E-state index in [1.54, 1.807) is 56.6 Å². The molecule has 0 N–H and O–H groups in total. The number of rotatable bonds is 9. The second-order valence-corrected chi connectivity index (χ2v) is 9.27. The molecule has 10 nitrogen and oxygen atoms in total. The van der Waals surface area contributed by atoms with Crippen molar-refractivity contribution in [1.82, 2.24) is 15.1 Å². The third-order valence-corrected chi connectivity index (χ3v) is 6.95. The van der Waals surface area contributed by atoms with Crippen molar-refractivity contribution in [3.8, 4) is 17.3 Å². The van der Waals surface area contributed by atoms with Crippen LogP contribution in [-0.2, 0) is 19.1 Å². The highest BCUT2D eigenvalue weighted by Gasteiger charge is 2.54. The molecule has 3 aromatic rings. The van der Waals surface area contributed by atoms with Gasteiger partial charge in [0, 0.05) is 43.0 Å². The van der Waals surface area contributed by atoms with Crippen LogP contribution in [-0.4, -0.2) is 52.9 Å². The van der Waals surface area contributed by atoms with Crippen molar-refractivity contribution in [1.29, 1.82) is 0 Å². The molecule has 1 amide bonds. The van der Waals surface area contributed by atoms with Gasteiger partial charge in [-0.1, -0.05) is 18.0 Å². The number of methoxy groups -OCH3 is 1. The van der Waals surface area contributed by atoms with Crippen molar-refractivity contribution in [2.75, 3.05) is 25.2 Å². The Morgan fingerprint density at radius 1 is 1.11 bits per heavy atom. The fourth-order valence-corrected chi connectivity index (χ4v) is 5.17. The number of amides is 1. The zero-order valence-electron chi connectivity index (χ0n) is 20.8. The molecular formula is C27H28N4O6. The lowest BCUT2D eigenvalue weighted by Crippen LogP contribution is -2.33. The summed E-state index contributed by atoms with van der Waals surface area (Å²) in [5.74, 6) is -1.87. The normalized spacial score (nSPS) is 20.1. The highest BCUT2D eigenvalue weighted by atomic mass is 16.5. The Morgan fingerprint density at radius 3 is 2.54 bits per heavy atom. The molecule has 1 aromatic carbocycles. The number of anilines is 1. The van der Waals surface area contributed by atoms with Gasteiger partial charge < -0.3 is 14.0 Å². The molecule has 1 aliphatic carbocycles. The van der Waals surface area contributed by atoms with Crippen LogP contribution in [0, 0.1) is 18.8 Å². The molecule has 0 bridgehead atoms. The smallest absolute Gasteiger partial charge is 0.295 e. The topological polar surface area (TPSA) is 125 Å². The van der Waals surface area contributed by atoms with Crippen molar-refractivity contribution < 1.29 is 28.4 Å². The zero-order chi connectivity index (χ0) is 25.9. The predicted molar refractivity (Wildman–Crippen MR) is 132 cm³/mol. The molecule has 0 spiro atoms. The van der Waals surface area contributed by atoms with Gasteiger partial charge in [0.05, 0.1) is 12.6 Å². The lowest BCUT2D eigenvalue weighted by molar-refractivity contribution is -0.140. The van der Waals surface area contributed by atoms with Crippen LogP contribution in [0.5, 0.6) is 5.88 Å². The summed E-state index contributed by atoms with van der Waals surface area (Å²) in [5, 5.41) is 3.93. The Bertz CT molecular complexity index is 1300. The van der Waals surface area contributed by atoms with E-state index in [4.69, 9.17) is 14.0 Å². The predicted octanol–water partition coefficient (Wildman–Crippen LogP) is 3.50. The first-order chi connectivity index (χ1) is 18.0. The zero-order valence-corrected chi connectivity index (χ0v) is 20.8. The molecule has 3 heterocycles. The summed E-state index contributed by atoms with van der Waals surface area (Å²) in [6.45, 7) is 2.27. The van der Waals surface area contributed by atoms with Crippen LogP contribution in [0.15, 0.2) is 47.1 Å². The van der Waals surface area contributed by atoms with E-state index < -0.39 is 23.7 Å². The summed E-state index contributed by atoms with van der Waals surface area (Å²) in [5.41, 5.74) is 1.67. The summed E-state index contributed by atoms with van der Waals surface area (Å²) in [6, 6.07) is 9.51. The molecule has 192 valence electrons. The minimum Gasteiger partial charge on any atom is -0.475 e. The van der Waals surface area contributed by atoms with Gasteiger partial charge in [-0.25, -0.2) is 4.98 Å². The number of pyridine rings is 1. The number of aryl methyl sites for hydroxylation is 1. The van der Waals surface area contributed by atoms with Crippen LogP contribution >= 0.6 is 0 Å². The van der Waals surface area contributed by atoms with E-state index in [0.29, 0.717) is 35.1 Å². The Balaban J connectivity index is 1.56. The third-order valence-electron chi connectivity index (χ3n) is 6.95. The number of Topliss-reactive ketones (excluding diaryl/α,β-unsaturated/α-hetero) is 2. The van der Waals surface area contributed by atoms with Gasteiger partial charge in [-0.3, -0.25) is 19.3 Å². The van der Waals surface area contributed by atoms with E-state index in [0.717, 1.165) is 25.7 Å². The highest BCUT2D eigenvalue weighted by Crippen LogP contribution is 2.45. The third kappa shape index (κ3) is 4.76. The summed E-state index contributed by atoms with van der Waals surface area (Å²) in [7, 11) is 1.56. The number of carbonyl (C=O) groups excluding carboxylic acids is 3. The molecule has 2 unspecified atom stereocenters. The van der Waals surface area contributed by atoms with Crippen LogP contribution < -0.4 is 9.64 Å². The first kappa shape index (κ1) is 24.8. The van der Waals surface area contributed by atoms with Crippen molar-refractivity contribution >= 4 is 23.2 Å². The van der Waals surface area contributed by atoms with Crippen molar-refractivity contribution in [2.24, 2.45) is 11.8 Å². The van der Waals surface area contributed by atoms with Crippen LogP contribution in [0.2, 0.25) is 0 Å². The SMILES string of the molecule is COCCOc1ncccc1C1C(C(=O)C2CCCC2)C(=O)C(=O)N1c1ccc(-c2noc(C)n2)cc1. The molecule has 2 atom stereocenters. The molecule has 2 fully saturated rings. The molecule has 10 heteroatoms. The number of hydrogen-bond donors (Lipinski definition) is 0. The molecule has 1 saturated carbocycles. The standard InChI is InChI=1S/C27H28N4O6/c1-16-29-25(30-37-16)18-9-11-19(12-10-18)31-22(20-8-5-13-28-26(20)36-15-14-35-2)21(24(33)27(31)34)23(32)17-6-3-4-7-17/h5,8-13,17,21-22H,3-4,6-7,14-15H2,1-2H3. The largest absolute Gasteiger partial charge is 0.475 e. The molecule has 2 aromatic heterocycles. The Morgan fingerprint density at radius 2 is 1.86 bits per heavy atom. The lowest BCUT2D eigenvalue weighted by atomic mass is 9.83. The maximum Gasteiger partial charge on any atom is 0.295 e. The number of hydrogen-bond acceptors (Lipinski definition) is 9. The summed E-state index contributed by atoms with van der Waals surface area (Å²) < 4.78 is 16.0. The fraction of sp³-hybridized carbons (Fsp3) is 0.407. The van der Waals surface area contributed by atoms with Crippen molar-refractivity contribution in [3.05, 3.63) is 54.0 Å². The molecule has 0 radical (unpaired) electrons.